The van der Waals surface area contributed by atoms with Crippen LogP contribution in [0, 0.1) is 6.92 Å². The standard InChI is InChI=1S/C20H22ClNO4/c1-4-18(26-15-8-6-7-13(3)11-15)19(23)22-14-9-10-16(17(21)12-14)20(24)25-5-2/h6-12,18H,4-5H2,1-3H3,(H,22,23)/t18-/m0/s1. The van der Waals surface area contributed by atoms with E-state index in [1.54, 1.807) is 13.0 Å². The summed E-state index contributed by atoms with van der Waals surface area (Å²) in [6, 6.07) is 12.2. The second kappa shape index (κ2) is 9.25. The van der Waals surface area contributed by atoms with Crippen molar-refractivity contribution in [3.63, 3.8) is 0 Å². The maximum atomic E-state index is 12.5. The summed E-state index contributed by atoms with van der Waals surface area (Å²) < 4.78 is 10.7. The first-order chi connectivity index (χ1) is 12.4. The highest BCUT2D eigenvalue weighted by molar-refractivity contribution is 6.34. The summed E-state index contributed by atoms with van der Waals surface area (Å²) in [5.74, 6) is -0.138. The maximum absolute atomic E-state index is 12.5. The van der Waals surface area contributed by atoms with Crippen LogP contribution in [0.25, 0.3) is 0 Å². The monoisotopic (exact) mass is 375 g/mol. The van der Waals surface area contributed by atoms with E-state index < -0.39 is 12.1 Å². The Labute approximate surface area is 158 Å². The average Bonchev–Trinajstić information content (AvgIpc) is 2.60. The van der Waals surface area contributed by atoms with Gasteiger partial charge in [0.15, 0.2) is 6.10 Å². The van der Waals surface area contributed by atoms with E-state index in [-0.39, 0.29) is 23.1 Å². The summed E-state index contributed by atoms with van der Waals surface area (Å²) in [6.07, 6.45) is -0.130. The maximum Gasteiger partial charge on any atom is 0.339 e. The number of nitrogens with one attached hydrogen (secondary N) is 1. The zero-order chi connectivity index (χ0) is 19.1. The third kappa shape index (κ3) is 5.23. The highest BCUT2D eigenvalue weighted by Crippen LogP contribution is 2.23. The largest absolute Gasteiger partial charge is 0.481 e. The van der Waals surface area contributed by atoms with Gasteiger partial charge in [-0.25, -0.2) is 4.79 Å². The molecule has 6 heteroatoms. The van der Waals surface area contributed by atoms with Gasteiger partial charge in [-0.1, -0.05) is 30.7 Å². The van der Waals surface area contributed by atoms with Gasteiger partial charge >= 0.3 is 5.97 Å². The molecular formula is C20H22ClNO4. The normalized spacial score (nSPS) is 11.5. The molecule has 0 bridgehead atoms. The first-order valence-corrected chi connectivity index (χ1v) is 8.83. The first-order valence-electron chi connectivity index (χ1n) is 8.45. The number of amides is 1. The van der Waals surface area contributed by atoms with Gasteiger partial charge in [0.05, 0.1) is 17.2 Å². The molecular weight excluding hydrogens is 354 g/mol. The topological polar surface area (TPSA) is 64.6 Å². The van der Waals surface area contributed by atoms with Crippen molar-refractivity contribution >= 4 is 29.2 Å². The number of carbonyl (C=O) groups excluding carboxylic acids is 2. The van der Waals surface area contributed by atoms with Crippen LogP contribution < -0.4 is 10.1 Å². The third-order valence-corrected chi connectivity index (χ3v) is 3.98. The van der Waals surface area contributed by atoms with Crippen molar-refractivity contribution < 1.29 is 19.1 Å². The van der Waals surface area contributed by atoms with Gasteiger partial charge in [0, 0.05) is 5.69 Å². The molecule has 0 spiro atoms. The Balaban J connectivity index is 2.07. The molecule has 26 heavy (non-hydrogen) atoms. The lowest BCUT2D eigenvalue weighted by Gasteiger charge is -2.18. The van der Waals surface area contributed by atoms with Crippen molar-refractivity contribution in [1.82, 2.24) is 0 Å². The molecule has 5 nitrogen and oxygen atoms in total. The lowest BCUT2D eigenvalue weighted by atomic mass is 10.2. The molecule has 0 aliphatic carbocycles. The Hall–Kier alpha value is -2.53. The number of carbonyl (C=O) groups is 2. The second-order valence-electron chi connectivity index (χ2n) is 5.74. The van der Waals surface area contributed by atoms with Crippen molar-refractivity contribution in [3.8, 4) is 5.75 Å². The Bertz CT molecular complexity index is 791. The van der Waals surface area contributed by atoms with Crippen LogP contribution in [0.3, 0.4) is 0 Å². The van der Waals surface area contributed by atoms with E-state index in [4.69, 9.17) is 21.1 Å². The predicted molar refractivity (Wildman–Crippen MR) is 102 cm³/mol. The number of rotatable bonds is 7. The average molecular weight is 376 g/mol. The fourth-order valence-electron chi connectivity index (χ4n) is 2.37. The van der Waals surface area contributed by atoms with E-state index >= 15 is 0 Å². The van der Waals surface area contributed by atoms with Crippen LogP contribution in [-0.2, 0) is 9.53 Å². The molecule has 0 saturated carbocycles. The molecule has 1 atom stereocenters. The molecule has 0 fully saturated rings. The summed E-state index contributed by atoms with van der Waals surface area (Å²) >= 11 is 6.12. The van der Waals surface area contributed by atoms with Gasteiger partial charge in [-0.05, 0) is 56.2 Å². The minimum Gasteiger partial charge on any atom is -0.481 e. The Morgan fingerprint density at radius 1 is 1.15 bits per heavy atom. The summed E-state index contributed by atoms with van der Waals surface area (Å²) in [5.41, 5.74) is 1.80. The van der Waals surface area contributed by atoms with Crippen molar-refractivity contribution in [2.24, 2.45) is 0 Å². The number of hydrogen-bond acceptors (Lipinski definition) is 4. The molecule has 0 aliphatic rings. The van der Waals surface area contributed by atoms with E-state index in [1.165, 1.54) is 12.1 Å². The SMILES string of the molecule is CCOC(=O)c1ccc(NC(=O)[C@H](CC)Oc2cccc(C)c2)cc1Cl. The van der Waals surface area contributed by atoms with E-state index in [2.05, 4.69) is 5.32 Å². The molecule has 2 rings (SSSR count). The number of hydrogen-bond donors (Lipinski definition) is 1. The lowest BCUT2D eigenvalue weighted by Crippen LogP contribution is -2.32. The zero-order valence-electron chi connectivity index (χ0n) is 15.0. The Kier molecular flexibility index (Phi) is 7.04. The van der Waals surface area contributed by atoms with E-state index in [0.29, 0.717) is 17.9 Å². The van der Waals surface area contributed by atoms with E-state index in [9.17, 15) is 9.59 Å². The van der Waals surface area contributed by atoms with Crippen molar-refractivity contribution in [2.75, 3.05) is 11.9 Å². The second-order valence-corrected chi connectivity index (χ2v) is 6.14. The van der Waals surface area contributed by atoms with Crippen LogP contribution in [0.1, 0.15) is 36.2 Å². The molecule has 0 unspecified atom stereocenters. The Morgan fingerprint density at radius 3 is 2.54 bits per heavy atom. The van der Waals surface area contributed by atoms with Crippen molar-refractivity contribution in [3.05, 3.63) is 58.6 Å². The lowest BCUT2D eigenvalue weighted by molar-refractivity contribution is -0.122. The van der Waals surface area contributed by atoms with E-state index in [1.807, 2.05) is 38.1 Å². The van der Waals surface area contributed by atoms with Gasteiger partial charge in [-0.2, -0.15) is 0 Å². The molecule has 2 aromatic carbocycles. The van der Waals surface area contributed by atoms with Gasteiger partial charge < -0.3 is 14.8 Å². The van der Waals surface area contributed by atoms with Crippen LogP contribution >= 0.6 is 11.6 Å². The van der Waals surface area contributed by atoms with Gasteiger partial charge in [-0.15, -0.1) is 0 Å². The van der Waals surface area contributed by atoms with E-state index in [0.717, 1.165) is 5.56 Å². The minimum atomic E-state index is -0.639. The first kappa shape index (κ1) is 19.8. The number of benzene rings is 2. The summed E-state index contributed by atoms with van der Waals surface area (Å²) in [6.45, 7) is 5.82. The van der Waals surface area contributed by atoms with Gasteiger partial charge in [0.25, 0.3) is 5.91 Å². The molecule has 1 amide bonds. The smallest absolute Gasteiger partial charge is 0.339 e. The van der Waals surface area contributed by atoms with Gasteiger partial charge in [-0.3, -0.25) is 4.79 Å². The van der Waals surface area contributed by atoms with Crippen LogP contribution in [0.2, 0.25) is 5.02 Å². The van der Waals surface area contributed by atoms with Crippen molar-refractivity contribution in [2.45, 2.75) is 33.3 Å². The Morgan fingerprint density at radius 2 is 1.92 bits per heavy atom. The molecule has 0 aromatic heterocycles. The fourth-order valence-corrected chi connectivity index (χ4v) is 2.62. The fraction of sp³-hybridized carbons (Fsp3) is 0.300. The van der Waals surface area contributed by atoms with Crippen LogP contribution in [0.15, 0.2) is 42.5 Å². The molecule has 2 aromatic rings. The van der Waals surface area contributed by atoms with Crippen LogP contribution in [0.5, 0.6) is 5.75 Å². The van der Waals surface area contributed by atoms with Gasteiger partial charge in [0.1, 0.15) is 5.75 Å². The highest BCUT2D eigenvalue weighted by Gasteiger charge is 2.19. The summed E-state index contributed by atoms with van der Waals surface area (Å²) in [5, 5.41) is 2.98. The number of anilines is 1. The number of aryl methyl sites for hydroxylation is 1. The number of halogens is 1. The number of ether oxygens (including phenoxy) is 2. The van der Waals surface area contributed by atoms with Crippen molar-refractivity contribution in [1.29, 1.82) is 0 Å². The number of esters is 1. The molecule has 1 N–H and O–H groups in total. The quantitative estimate of drug-likeness (QED) is 0.717. The summed E-state index contributed by atoms with van der Waals surface area (Å²) in [4.78, 5) is 24.3. The molecule has 138 valence electrons. The minimum absolute atomic E-state index is 0.217. The molecule has 0 saturated heterocycles. The van der Waals surface area contributed by atoms with Crippen LogP contribution in [-0.4, -0.2) is 24.6 Å². The molecule has 0 radical (unpaired) electrons. The zero-order valence-corrected chi connectivity index (χ0v) is 15.8. The van der Waals surface area contributed by atoms with Gasteiger partial charge in [0.2, 0.25) is 0 Å². The molecule has 0 aliphatic heterocycles. The summed E-state index contributed by atoms with van der Waals surface area (Å²) in [7, 11) is 0. The van der Waals surface area contributed by atoms with Crippen LogP contribution in [0.4, 0.5) is 5.69 Å². The third-order valence-electron chi connectivity index (χ3n) is 3.66. The highest BCUT2D eigenvalue weighted by atomic mass is 35.5. The molecule has 0 heterocycles. The predicted octanol–water partition coefficient (Wildman–Crippen LogP) is 4.62.